The number of benzene rings is 1. The van der Waals surface area contributed by atoms with E-state index in [4.69, 9.17) is 9.47 Å². The van der Waals surface area contributed by atoms with Crippen LogP contribution >= 0.6 is 0 Å². The van der Waals surface area contributed by atoms with Gasteiger partial charge in [0.25, 0.3) is 0 Å². The van der Waals surface area contributed by atoms with Crippen molar-refractivity contribution in [1.82, 2.24) is 0 Å². The molecule has 0 saturated carbocycles. The van der Waals surface area contributed by atoms with Crippen LogP contribution in [0.1, 0.15) is 49.5 Å². The van der Waals surface area contributed by atoms with E-state index in [0.29, 0.717) is 11.3 Å². The smallest absolute Gasteiger partial charge is 0.411 e. The lowest BCUT2D eigenvalue weighted by atomic mass is 9.96. The molecule has 20 heavy (non-hydrogen) atoms. The molecular weight excluding hydrogens is 258 g/mol. The second kappa shape index (κ2) is 7.53. The number of ether oxygens (including phenoxy) is 2. The van der Waals surface area contributed by atoms with Crippen LogP contribution in [-0.4, -0.2) is 25.3 Å². The SMILES string of the molecule is CCOC(=O)Nc1cccc(C(C)C)c1C(=O)OCC. The van der Waals surface area contributed by atoms with Crippen LogP contribution in [0.4, 0.5) is 10.5 Å². The Hall–Kier alpha value is -2.04. The van der Waals surface area contributed by atoms with Gasteiger partial charge in [-0.3, -0.25) is 5.32 Å². The van der Waals surface area contributed by atoms with Crippen molar-refractivity contribution in [3.63, 3.8) is 0 Å². The molecule has 0 fully saturated rings. The van der Waals surface area contributed by atoms with Crippen LogP contribution in [0.5, 0.6) is 0 Å². The van der Waals surface area contributed by atoms with Crippen LogP contribution in [0.25, 0.3) is 0 Å². The van der Waals surface area contributed by atoms with Gasteiger partial charge in [-0.2, -0.15) is 0 Å². The standard InChI is InChI=1S/C15H21NO4/c1-5-19-14(17)13-11(10(3)4)8-7-9-12(13)16-15(18)20-6-2/h7-10H,5-6H2,1-4H3,(H,16,18). The normalized spacial score (nSPS) is 10.2. The number of anilines is 1. The van der Waals surface area contributed by atoms with E-state index in [1.165, 1.54) is 0 Å². The van der Waals surface area contributed by atoms with Gasteiger partial charge in [-0.15, -0.1) is 0 Å². The third kappa shape index (κ3) is 3.98. The van der Waals surface area contributed by atoms with Gasteiger partial charge in [-0.25, -0.2) is 9.59 Å². The molecule has 0 aliphatic rings. The Bertz CT molecular complexity index is 483. The minimum Gasteiger partial charge on any atom is -0.462 e. The maximum absolute atomic E-state index is 12.1. The highest BCUT2D eigenvalue weighted by Gasteiger charge is 2.20. The molecule has 0 aromatic heterocycles. The van der Waals surface area contributed by atoms with E-state index in [1.807, 2.05) is 19.9 Å². The third-order valence-corrected chi connectivity index (χ3v) is 2.71. The Labute approximate surface area is 119 Å². The van der Waals surface area contributed by atoms with Crippen LogP contribution in [0.15, 0.2) is 18.2 Å². The highest BCUT2D eigenvalue weighted by Crippen LogP contribution is 2.27. The van der Waals surface area contributed by atoms with Gasteiger partial charge in [0.1, 0.15) is 0 Å². The second-order valence-electron chi connectivity index (χ2n) is 4.49. The van der Waals surface area contributed by atoms with Crippen molar-refractivity contribution in [3.05, 3.63) is 29.3 Å². The number of rotatable bonds is 5. The summed E-state index contributed by atoms with van der Waals surface area (Å²) in [6, 6.07) is 5.31. The molecule has 110 valence electrons. The summed E-state index contributed by atoms with van der Waals surface area (Å²) in [6.07, 6.45) is -0.584. The molecular formula is C15H21NO4. The van der Waals surface area contributed by atoms with E-state index in [9.17, 15) is 9.59 Å². The van der Waals surface area contributed by atoms with Crippen LogP contribution in [0.2, 0.25) is 0 Å². The molecule has 0 unspecified atom stereocenters. The molecule has 1 rings (SSSR count). The van der Waals surface area contributed by atoms with E-state index < -0.39 is 12.1 Å². The van der Waals surface area contributed by atoms with Gasteiger partial charge < -0.3 is 9.47 Å². The number of carbonyl (C=O) groups excluding carboxylic acids is 2. The summed E-state index contributed by atoms with van der Waals surface area (Å²) < 4.78 is 9.91. The first kappa shape index (κ1) is 16.0. The number of esters is 1. The summed E-state index contributed by atoms with van der Waals surface area (Å²) in [7, 11) is 0. The van der Waals surface area contributed by atoms with E-state index in [-0.39, 0.29) is 19.1 Å². The molecule has 1 aromatic carbocycles. The highest BCUT2D eigenvalue weighted by molar-refractivity contribution is 6.01. The quantitative estimate of drug-likeness (QED) is 0.837. The first-order valence-electron chi connectivity index (χ1n) is 6.75. The van der Waals surface area contributed by atoms with Gasteiger partial charge in [-0.1, -0.05) is 26.0 Å². The molecule has 0 radical (unpaired) electrons. The number of hydrogen-bond donors (Lipinski definition) is 1. The molecule has 0 aliphatic carbocycles. The molecule has 5 heteroatoms. The number of hydrogen-bond acceptors (Lipinski definition) is 4. The van der Waals surface area contributed by atoms with Gasteiger partial charge in [-0.05, 0) is 31.4 Å². The van der Waals surface area contributed by atoms with Crippen molar-refractivity contribution < 1.29 is 19.1 Å². The Balaban J connectivity index is 3.18. The van der Waals surface area contributed by atoms with Gasteiger partial charge in [0.15, 0.2) is 0 Å². The molecule has 0 aliphatic heterocycles. The summed E-state index contributed by atoms with van der Waals surface area (Å²) in [5.74, 6) is -0.304. The lowest BCUT2D eigenvalue weighted by Crippen LogP contribution is -2.18. The summed E-state index contributed by atoms with van der Waals surface area (Å²) in [4.78, 5) is 23.7. The summed E-state index contributed by atoms with van der Waals surface area (Å²) >= 11 is 0. The van der Waals surface area contributed by atoms with Gasteiger partial charge in [0.05, 0.1) is 24.5 Å². The number of amides is 1. The van der Waals surface area contributed by atoms with Crippen LogP contribution in [0.3, 0.4) is 0 Å². The molecule has 0 bridgehead atoms. The first-order chi connectivity index (χ1) is 9.51. The zero-order valence-electron chi connectivity index (χ0n) is 12.4. The fourth-order valence-corrected chi connectivity index (χ4v) is 1.86. The molecule has 1 amide bonds. The van der Waals surface area contributed by atoms with Crippen molar-refractivity contribution in [3.8, 4) is 0 Å². The first-order valence-corrected chi connectivity index (χ1v) is 6.75. The van der Waals surface area contributed by atoms with Crippen molar-refractivity contribution in [2.24, 2.45) is 0 Å². The van der Waals surface area contributed by atoms with E-state index >= 15 is 0 Å². The summed E-state index contributed by atoms with van der Waals surface area (Å²) in [5.41, 5.74) is 1.63. The maximum Gasteiger partial charge on any atom is 0.411 e. The van der Waals surface area contributed by atoms with Gasteiger partial charge >= 0.3 is 12.1 Å². The molecule has 1 N–H and O–H groups in total. The third-order valence-electron chi connectivity index (χ3n) is 2.71. The van der Waals surface area contributed by atoms with E-state index in [1.54, 1.807) is 26.0 Å². The van der Waals surface area contributed by atoms with Crippen molar-refractivity contribution in [2.75, 3.05) is 18.5 Å². The zero-order chi connectivity index (χ0) is 15.1. The minimum atomic E-state index is -0.584. The van der Waals surface area contributed by atoms with E-state index in [2.05, 4.69) is 5.32 Å². The monoisotopic (exact) mass is 279 g/mol. The highest BCUT2D eigenvalue weighted by atomic mass is 16.5. The van der Waals surface area contributed by atoms with Gasteiger partial charge in [0, 0.05) is 0 Å². The fourth-order valence-electron chi connectivity index (χ4n) is 1.86. The molecule has 1 aromatic rings. The zero-order valence-corrected chi connectivity index (χ0v) is 12.4. The maximum atomic E-state index is 12.1. The summed E-state index contributed by atoms with van der Waals surface area (Å²) in [6.45, 7) is 7.97. The predicted molar refractivity (Wildman–Crippen MR) is 77.1 cm³/mol. The number of nitrogens with one attached hydrogen (secondary N) is 1. The molecule has 0 atom stereocenters. The van der Waals surface area contributed by atoms with Crippen molar-refractivity contribution >= 4 is 17.7 Å². The average molecular weight is 279 g/mol. The lowest BCUT2D eigenvalue weighted by molar-refractivity contribution is 0.0526. The topological polar surface area (TPSA) is 64.6 Å². The van der Waals surface area contributed by atoms with Crippen LogP contribution in [0, 0.1) is 0 Å². The van der Waals surface area contributed by atoms with Gasteiger partial charge in [0.2, 0.25) is 0 Å². The second-order valence-corrected chi connectivity index (χ2v) is 4.49. The van der Waals surface area contributed by atoms with Crippen molar-refractivity contribution in [1.29, 1.82) is 0 Å². The lowest BCUT2D eigenvalue weighted by Gasteiger charge is -2.16. The predicted octanol–water partition coefficient (Wildman–Crippen LogP) is 3.56. The fraction of sp³-hybridized carbons (Fsp3) is 0.467. The molecule has 0 heterocycles. The molecule has 0 saturated heterocycles. The Morgan fingerprint density at radius 3 is 2.35 bits per heavy atom. The largest absolute Gasteiger partial charge is 0.462 e. The Morgan fingerprint density at radius 1 is 1.15 bits per heavy atom. The van der Waals surface area contributed by atoms with Crippen LogP contribution in [-0.2, 0) is 9.47 Å². The minimum absolute atomic E-state index is 0.137. The van der Waals surface area contributed by atoms with Crippen LogP contribution < -0.4 is 5.32 Å². The molecule has 5 nitrogen and oxygen atoms in total. The molecule has 0 spiro atoms. The van der Waals surface area contributed by atoms with E-state index in [0.717, 1.165) is 5.56 Å². The Kier molecular flexibility index (Phi) is 6.03. The Morgan fingerprint density at radius 2 is 1.80 bits per heavy atom. The number of carbonyl (C=O) groups is 2. The average Bonchev–Trinajstić information content (AvgIpc) is 2.38. The van der Waals surface area contributed by atoms with Crippen molar-refractivity contribution in [2.45, 2.75) is 33.6 Å². The summed E-state index contributed by atoms with van der Waals surface area (Å²) in [5, 5.41) is 2.58.